The SMILES string of the molecule is Cc1ccc(SC2C[C@H]3CCC[C@]34CC(=O)[C@H]2O4)cc1. The van der Waals surface area contributed by atoms with E-state index < -0.39 is 0 Å². The van der Waals surface area contributed by atoms with E-state index in [1.807, 2.05) is 11.8 Å². The van der Waals surface area contributed by atoms with E-state index in [0.717, 1.165) is 12.8 Å². The number of hydrogen-bond donors (Lipinski definition) is 0. The molecule has 4 atom stereocenters. The molecule has 2 bridgehead atoms. The van der Waals surface area contributed by atoms with Crippen LogP contribution in [0, 0.1) is 12.8 Å². The smallest absolute Gasteiger partial charge is 0.165 e. The van der Waals surface area contributed by atoms with Gasteiger partial charge >= 0.3 is 0 Å². The number of carbonyl (C=O) groups is 1. The summed E-state index contributed by atoms with van der Waals surface area (Å²) in [6.07, 6.45) is 5.23. The summed E-state index contributed by atoms with van der Waals surface area (Å²) in [5, 5.41) is 0.309. The van der Waals surface area contributed by atoms with Gasteiger partial charge in [-0.05, 0) is 44.2 Å². The third-order valence-corrected chi connectivity index (χ3v) is 6.50. The van der Waals surface area contributed by atoms with Crippen LogP contribution in [0.1, 0.15) is 37.7 Å². The van der Waals surface area contributed by atoms with Gasteiger partial charge in [0.15, 0.2) is 5.78 Å². The summed E-state index contributed by atoms with van der Waals surface area (Å²) in [7, 11) is 0. The van der Waals surface area contributed by atoms with Gasteiger partial charge in [0.05, 0.1) is 5.60 Å². The number of rotatable bonds is 2. The molecular formula is C17H20O2S. The summed E-state index contributed by atoms with van der Waals surface area (Å²) in [5.41, 5.74) is 1.22. The van der Waals surface area contributed by atoms with Crippen LogP contribution in [-0.4, -0.2) is 22.7 Å². The zero-order valence-electron chi connectivity index (χ0n) is 11.8. The maximum Gasteiger partial charge on any atom is 0.165 e. The Morgan fingerprint density at radius 1 is 1.30 bits per heavy atom. The third kappa shape index (κ3) is 1.94. The largest absolute Gasteiger partial charge is 0.362 e. The van der Waals surface area contributed by atoms with Crippen molar-refractivity contribution in [3.05, 3.63) is 29.8 Å². The van der Waals surface area contributed by atoms with E-state index in [1.54, 1.807) is 0 Å². The number of aryl methyl sites for hydroxylation is 1. The van der Waals surface area contributed by atoms with Gasteiger partial charge in [0.25, 0.3) is 0 Å². The molecule has 0 aromatic heterocycles. The predicted molar refractivity (Wildman–Crippen MR) is 80.0 cm³/mol. The second kappa shape index (κ2) is 4.60. The molecule has 3 heteroatoms. The number of ketones is 1. The minimum Gasteiger partial charge on any atom is -0.362 e. The van der Waals surface area contributed by atoms with Crippen molar-refractivity contribution >= 4 is 17.5 Å². The topological polar surface area (TPSA) is 26.3 Å². The van der Waals surface area contributed by atoms with E-state index in [4.69, 9.17) is 4.74 Å². The second-order valence-electron chi connectivity index (χ2n) is 6.54. The van der Waals surface area contributed by atoms with Crippen LogP contribution in [0.4, 0.5) is 0 Å². The van der Waals surface area contributed by atoms with E-state index in [-0.39, 0.29) is 11.7 Å². The van der Waals surface area contributed by atoms with Crippen LogP contribution in [0.15, 0.2) is 29.2 Å². The highest BCUT2D eigenvalue weighted by molar-refractivity contribution is 8.00. The van der Waals surface area contributed by atoms with Gasteiger partial charge in [0, 0.05) is 16.6 Å². The fourth-order valence-electron chi connectivity index (χ4n) is 4.18. The number of ether oxygens (including phenoxy) is 1. The molecule has 106 valence electrons. The van der Waals surface area contributed by atoms with Crippen molar-refractivity contribution < 1.29 is 9.53 Å². The molecule has 1 aromatic rings. The fourth-order valence-corrected chi connectivity index (χ4v) is 5.48. The zero-order chi connectivity index (χ0) is 13.7. The van der Waals surface area contributed by atoms with Gasteiger partial charge in [0.2, 0.25) is 0 Å². The first-order chi connectivity index (χ1) is 9.66. The van der Waals surface area contributed by atoms with Crippen molar-refractivity contribution in [1.82, 2.24) is 0 Å². The molecule has 0 N–H and O–H groups in total. The van der Waals surface area contributed by atoms with Crippen molar-refractivity contribution in [3.63, 3.8) is 0 Å². The van der Waals surface area contributed by atoms with Crippen molar-refractivity contribution in [2.75, 3.05) is 0 Å². The lowest BCUT2D eigenvalue weighted by atomic mass is 9.85. The molecule has 0 amide bonds. The molecule has 2 saturated heterocycles. The Balaban J connectivity index is 1.57. The number of carbonyl (C=O) groups excluding carboxylic acids is 1. The van der Waals surface area contributed by atoms with Gasteiger partial charge < -0.3 is 4.74 Å². The lowest BCUT2D eigenvalue weighted by Crippen LogP contribution is -2.43. The minimum absolute atomic E-state index is 0.0634. The molecule has 1 unspecified atom stereocenters. The third-order valence-electron chi connectivity index (χ3n) is 5.21. The van der Waals surface area contributed by atoms with Gasteiger partial charge in [0.1, 0.15) is 6.10 Å². The van der Waals surface area contributed by atoms with Crippen LogP contribution < -0.4 is 0 Å². The molecule has 2 nitrogen and oxygen atoms in total. The van der Waals surface area contributed by atoms with Crippen molar-refractivity contribution in [2.24, 2.45) is 5.92 Å². The first-order valence-corrected chi connectivity index (χ1v) is 8.48. The Labute approximate surface area is 124 Å². The molecule has 3 aliphatic rings. The summed E-state index contributed by atoms with van der Waals surface area (Å²) in [6.45, 7) is 2.10. The van der Waals surface area contributed by atoms with Gasteiger partial charge in [-0.25, -0.2) is 0 Å². The molecule has 0 radical (unpaired) electrons. The highest BCUT2D eigenvalue weighted by atomic mass is 32.2. The number of Topliss-reactive ketones (excluding diaryl/α,β-unsaturated/α-hetero) is 1. The Bertz CT molecular complexity index is 538. The summed E-state index contributed by atoms with van der Waals surface area (Å²) >= 11 is 1.84. The lowest BCUT2D eigenvalue weighted by molar-refractivity contribution is -0.128. The first kappa shape index (κ1) is 12.9. The Kier molecular flexibility index (Phi) is 2.97. The summed E-state index contributed by atoms with van der Waals surface area (Å²) in [6, 6.07) is 8.61. The van der Waals surface area contributed by atoms with Gasteiger partial charge in [-0.15, -0.1) is 11.8 Å². The molecule has 3 fully saturated rings. The highest BCUT2D eigenvalue weighted by Gasteiger charge is 2.59. The molecule has 1 aromatic carbocycles. The summed E-state index contributed by atoms with van der Waals surface area (Å²) in [4.78, 5) is 13.6. The Hall–Kier alpha value is -0.800. The van der Waals surface area contributed by atoms with Gasteiger partial charge in [-0.1, -0.05) is 24.1 Å². The predicted octanol–water partition coefficient (Wildman–Crippen LogP) is 3.76. The highest BCUT2D eigenvalue weighted by Crippen LogP contribution is 2.55. The lowest BCUT2D eigenvalue weighted by Gasteiger charge is -2.39. The molecule has 1 aliphatic carbocycles. The quantitative estimate of drug-likeness (QED) is 0.829. The van der Waals surface area contributed by atoms with Crippen molar-refractivity contribution in [1.29, 1.82) is 0 Å². The van der Waals surface area contributed by atoms with E-state index >= 15 is 0 Å². The number of fused-ring (bicyclic) bond motifs is 1. The Morgan fingerprint density at radius 2 is 2.10 bits per heavy atom. The molecule has 4 rings (SSSR count). The van der Waals surface area contributed by atoms with Crippen LogP contribution in [-0.2, 0) is 9.53 Å². The molecular weight excluding hydrogens is 268 g/mol. The molecule has 2 heterocycles. The average Bonchev–Trinajstić information content (AvgIpc) is 2.95. The normalized spacial score (nSPS) is 39.0. The van der Waals surface area contributed by atoms with E-state index in [0.29, 0.717) is 23.4 Å². The monoisotopic (exact) mass is 288 g/mol. The molecule has 2 aliphatic heterocycles. The standard InChI is InChI=1S/C17H20O2S/c1-11-4-6-13(7-5-11)20-15-9-12-3-2-8-17(12)10-14(18)16(15)19-17/h4-7,12,15-16H,2-3,8-10H2,1H3/t12-,15?,16-,17+/m1/s1. The zero-order valence-corrected chi connectivity index (χ0v) is 12.6. The number of benzene rings is 1. The molecule has 1 spiro atoms. The maximum absolute atomic E-state index is 12.3. The summed E-state index contributed by atoms with van der Waals surface area (Å²) in [5.74, 6) is 0.951. The van der Waals surface area contributed by atoms with Crippen LogP contribution in [0.3, 0.4) is 0 Å². The molecule has 1 saturated carbocycles. The number of hydrogen-bond acceptors (Lipinski definition) is 3. The minimum atomic E-state index is -0.157. The number of thioether (sulfide) groups is 1. The van der Waals surface area contributed by atoms with E-state index in [9.17, 15) is 4.79 Å². The summed E-state index contributed by atoms with van der Waals surface area (Å²) < 4.78 is 6.26. The molecule has 20 heavy (non-hydrogen) atoms. The van der Waals surface area contributed by atoms with Gasteiger partial charge in [-0.3, -0.25) is 4.79 Å². The van der Waals surface area contributed by atoms with Crippen LogP contribution in [0.25, 0.3) is 0 Å². The van der Waals surface area contributed by atoms with Crippen molar-refractivity contribution in [2.45, 2.75) is 60.9 Å². The first-order valence-electron chi connectivity index (χ1n) is 7.60. The Morgan fingerprint density at radius 3 is 2.90 bits per heavy atom. The maximum atomic E-state index is 12.3. The van der Waals surface area contributed by atoms with Crippen LogP contribution >= 0.6 is 11.8 Å². The van der Waals surface area contributed by atoms with E-state index in [1.165, 1.54) is 23.3 Å². The van der Waals surface area contributed by atoms with Gasteiger partial charge in [-0.2, -0.15) is 0 Å². The van der Waals surface area contributed by atoms with Crippen LogP contribution in [0.5, 0.6) is 0 Å². The van der Waals surface area contributed by atoms with E-state index in [2.05, 4.69) is 31.2 Å². The van der Waals surface area contributed by atoms with Crippen molar-refractivity contribution in [3.8, 4) is 0 Å². The fraction of sp³-hybridized carbons (Fsp3) is 0.588. The average molecular weight is 288 g/mol. The second-order valence-corrected chi connectivity index (χ2v) is 7.85. The van der Waals surface area contributed by atoms with Crippen LogP contribution in [0.2, 0.25) is 0 Å².